The number of aryl methyl sites for hydroxylation is 1. The van der Waals surface area contributed by atoms with Gasteiger partial charge in [0.2, 0.25) is 5.91 Å². The van der Waals surface area contributed by atoms with E-state index in [1.54, 1.807) is 7.11 Å². The van der Waals surface area contributed by atoms with Crippen LogP contribution in [-0.2, 0) is 23.1 Å². The highest BCUT2D eigenvalue weighted by molar-refractivity contribution is 5.76. The van der Waals surface area contributed by atoms with Crippen molar-refractivity contribution < 1.29 is 9.53 Å². The van der Waals surface area contributed by atoms with Crippen molar-refractivity contribution in [3.05, 3.63) is 24.0 Å². The minimum Gasteiger partial charge on any atom is -0.385 e. The predicted molar refractivity (Wildman–Crippen MR) is 99.9 cm³/mol. The minimum absolute atomic E-state index is 0.279. The molecule has 0 aromatic carbocycles. The first-order valence-corrected chi connectivity index (χ1v) is 9.56. The lowest BCUT2D eigenvalue weighted by Gasteiger charge is -2.23. The first kappa shape index (κ1) is 20.8. The Labute approximate surface area is 148 Å². The Morgan fingerprint density at radius 1 is 1.12 bits per heavy atom. The maximum atomic E-state index is 12.6. The molecule has 24 heavy (non-hydrogen) atoms. The van der Waals surface area contributed by atoms with E-state index in [-0.39, 0.29) is 5.91 Å². The average molecular weight is 337 g/mol. The summed E-state index contributed by atoms with van der Waals surface area (Å²) in [6.07, 6.45) is 12.3. The fourth-order valence-electron chi connectivity index (χ4n) is 2.94. The summed E-state index contributed by atoms with van der Waals surface area (Å²) < 4.78 is 7.22. The number of ether oxygens (including phenoxy) is 1. The first-order valence-electron chi connectivity index (χ1n) is 9.56. The Balaban J connectivity index is 2.35. The number of hydrogen-bond acceptors (Lipinski definition) is 2. The van der Waals surface area contributed by atoms with E-state index in [2.05, 4.69) is 17.6 Å². The van der Waals surface area contributed by atoms with Crippen molar-refractivity contribution in [3.63, 3.8) is 0 Å². The smallest absolute Gasteiger partial charge is 0.222 e. The lowest BCUT2D eigenvalue weighted by Crippen LogP contribution is -2.32. The molecule has 4 heteroatoms. The van der Waals surface area contributed by atoms with E-state index < -0.39 is 0 Å². The third-order valence-corrected chi connectivity index (χ3v) is 4.53. The largest absolute Gasteiger partial charge is 0.385 e. The van der Waals surface area contributed by atoms with Gasteiger partial charge in [0.1, 0.15) is 0 Å². The molecule has 0 aliphatic rings. The molecule has 0 unspecified atom stereocenters. The Morgan fingerprint density at radius 3 is 2.46 bits per heavy atom. The molecule has 1 amide bonds. The molecule has 0 saturated carbocycles. The van der Waals surface area contributed by atoms with Gasteiger partial charge in [0.25, 0.3) is 0 Å². The zero-order valence-electron chi connectivity index (χ0n) is 15.9. The van der Waals surface area contributed by atoms with E-state index in [4.69, 9.17) is 4.74 Å². The topological polar surface area (TPSA) is 34.5 Å². The highest BCUT2D eigenvalue weighted by Crippen LogP contribution is 2.12. The summed E-state index contributed by atoms with van der Waals surface area (Å²) >= 11 is 0. The molecular weight excluding hydrogens is 300 g/mol. The Hall–Kier alpha value is -1.29. The number of unbranched alkanes of at least 4 members (excludes halogenated alkanes) is 6. The highest BCUT2D eigenvalue weighted by atomic mass is 16.5. The number of carbonyl (C=O) groups excluding carboxylic acids is 1. The zero-order valence-corrected chi connectivity index (χ0v) is 15.9. The van der Waals surface area contributed by atoms with Crippen LogP contribution in [0.4, 0.5) is 0 Å². The second-order valence-corrected chi connectivity index (χ2v) is 6.64. The summed E-state index contributed by atoms with van der Waals surface area (Å²) in [6, 6.07) is 4.12. The summed E-state index contributed by atoms with van der Waals surface area (Å²) in [4.78, 5) is 14.6. The number of carbonyl (C=O) groups is 1. The molecule has 0 aliphatic heterocycles. The number of methoxy groups -OCH3 is 1. The van der Waals surface area contributed by atoms with Crippen LogP contribution in [0.15, 0.2) is 18.3 Å². The summed E-state index contributed by atoms with van der Waals surface area (Å²) in [6.45, 7) is 4.41. The molecule has 138 valence electrons. The predicted octanol–water partition coefficient (Wildman–Crippen LogP) is 4.53. The van der Waals surface area contributed by atoms with Crippen molar-refractivity contribution in [2.24, 2.45) is 7.05 Å². The number of rotatable bonds is 14. The van der Waals surface area contributed by atoms with E-state index >= 15 is 0 Å². The van der Waals surface area contributed by atoms with Crippen molar-refractivity contribution in [3.8, 4) is 0 Å². The van der Waals surface area contributed by atoms with Gasteiger partial charge in [0, 0.05) is 45.6 Å². The summed E-state index contributed by atoms with van der Waals surface area (Å²) in [5.41, 5.74) is 1.18. The molecule has 0 atom stereocenters. The normalized spacial score (nSPS) is 11.0. The monoisotopic (exact) mass is 336 g/mol. The molecule has 0 aliphatic carbocycles. The van der Waals surface area contributed by atoms with Crippen LogP contribution >= 0.6 is 0 Å². The van der Waals surface area contributed by atoms with Crippen LogP contribution < -0.4 is 0 Å². The Morgan fingerprint density at radius 2 is 1.83 bits per heavy atom. The first-order chi connectivity index (χ1) is 11.7. The van der Waals surface area contributed by atoms with Gasteiger partial charge in [-0.2, -0.15) is 0 Å². The van der Waals surface area contributed by atoms with Crippen LogP contribution in [0, 0.1) is 0 Å². The van der Waals surface area contributed by atoms with Gasteiger partial charge >= 0.3 is 0 Å². The molecule has 0 radical (unpaired) electrons. The van der Waals surface area contributed by atoms with Gasteiger partial charge in [-0.1, -0.05) is 45.4 Å². The molecule has 1 aromatic heterocycles. The maximum Gasteiger partial charge on any atom is 0.222 e. The number of amides is 1. The van der Waals surface area contributed by atoms with Gasteiger partial charge in [-0.3, -0.25) is 4.79 Å². The van der Waals surface area contributed by atoms with Crippen molar-refractivity contribution >= 4 is 5.91 Å². The number of hydrogen-bond donors (Lipinski definition) is 0. The lowest BCUT2D eigenvalue weighted by atomic mass is 10.1. The van der Waals surface area contributed by atoms with Crippen LogP contribution in [0.5, 0.6) is 0 Å². The maximum absolute atomic E-state index is 12.6. The summed E-state index contributed by atoms with van der Waals surface area (Å²) in [7, 11) is 3.74. The van der Waals surface area contributed by atoms with E-state index in [1.807, 2.05) is 24.2 Å². The van der Waals surface area contributed by atoms with Gasteiger partial charge in [-0.05, 0) is 25.0 Å². The second kappa shape index (κ2) is 13.1. The third-order valence-electron chi connectivity index (χ3n) is 4.53. The van der Waals surface area contributed by atoms with Crippen LogP contribution in [0.1, 0.15) is 70.4 Å². The molecular formula is C20H36N2O2. The fourth-order valence-corrected chi connectivity index (χ4v) is 2.94. The van der Waals surface area contributed by atoms with Gasteiger partial charge in [-0.25, -0.2) is 0 Å². The fraction of sp³-hybridized carbons (Fsp3) is 0.750. The molecule has 0 spiro atoms. The van der Waals surface area contributed by atoms with Crippen molar-refractivity contribution in [1.29, 1.82) is 0 Å². The zero-order chi connectivity index (χ0) is 17.6. The number of aromatic nitrogens is 1. The van der Waals surface area contributed by atoms with Crippen LogP contribution in [0.2, 0.25) is 0 Å². The second-order valence-electron chi connectivity index (χ2n) is 6.64. The molecule has 0 fully saturated rings. The van der Waals surface area contributed by atoms with Crippen molar-refractivity contribution in [2.75, 3.05) is 20.3 Å². The van der Waals surface area contributed by atoms with Crippen LogP contribution in [0.25, 0.3) is 0 Å². The van der Waals surface area contributed by atoms with E-state index in [1.165, 1.54) is 44.2 Å². The lowest BCUT2D eigenvalue weighted by molar-refractivity contribution is -0.132. The van der Waals surface area contributed by atoms with Crippen molar-refractivity contribution in [2.45, 2.75) is 71.3 Å². The molecule has 4 nitrogen and oxygen atoms in total. The van der Waals surface area contributed by atoms with E-state index in [0.29, 0.717) is 19.6 Å². The van der Waals surface area contributed by atoms with Crippen molar-refractivity contribution in [1.82, 2.24) is 9.47 Å². The van der Waals surface area contributed by atoms with Crippen LogP contribution in [0.3, 0.4) is 0 Å². The van der Waals surface area contributed by atoms with Gasteiger partial charge < -0.3 is 14.2 Å². The minimum atomic E-state index is 0.279. The summed E-state index contributed by atoms with van der Waals surface area (Å²) in [5.74, 6) is 0.279. The number of nitrogens with zero attached hydrogens (tertiary/aromatic N) is 2. The molecule has 0 saturated heterocycles. The van der Waals surface area contributed by atoms with Gasteiger partial charge in [0.05, 0.1) is 6.54 Å². The summed E-state index contributed by atoms with van der Waals surface area (Å²) in [5, 5.41) is 0. The van der Waals surface area contributed by atoms with E-state index in [0.717, 1.165) is 19.4 Å². The Kier molecular flexibility index (Phi) is 11.3. The molecule has 0 bridgehead atoms. The SMILES string of the molecule is CCCCCCCCCC(=O)N(CCCOC)Cc1cccn1C. The quantitative estimate of drug-likeness (QED) is 0.468. The molecule has 0 N–H and O–H groups in total. The molecule has 1 heterocycles. The van der Waals surface area contributed by atoms with E-state index in [9.17, 15) is 4.79 Å². The highest BCUT2D eigenvalue weighted by Gasteiger charge is 2.14. The van der Waals surface area contributed by atoms with Gasteiger partial charge in [0.15, 0.2) is 0 Å². The third kappa shape index (κ3) is 8.53. The molecule has 1 aromatic rings. The average Bonchev–Trinajstić information content (AvgIpc) is 2.98. The molecule has 1 rings (SSSR count). The van der Waals surface area contributed by atoms with Crippen LogP contribution in [-0.4, -0.2) is 35.6 Å². The standard InChI is InChI=1S/C20H36N2O2/c1-4-5-6-7-8-9-10-14-20(23)22(16-12-17-24-3)18-19-13-11-15-21(19)2/h11,13,15H,4-10,12,14,16-18H2,1-3H3. The Bertz CT molecular complexity index is 443. The van der Waals surface area contributed by atoms with Gasteiger partial charge in [-0.15, -0.1) is 0 Å².